The largest absolute Gasteiger partial charge is 0.478 e. The molecule has 18 heteroatoms. The number of hydrogen-bond donors (Lipinski definition) is 10. The van der Waals surface area contributed by atoms with E-state index in [1.807, 2.05) is 0 Å². The van der Waals surface area contributed by atoms with Crippen LogP contribution in [0.5, 0.6) is 0 Å². The van der Waals surface area contributed by atoms with Crippen LogP contribution in [0.4, 0.5) is 0 Å². The highest BCUT2D eigenvalue weighted by molar-refractivity contribution is 5.92. The van der Waals surface area contributed by atoms with Crippen LogP contribution in [0.25, 0.3) is 0 Å². The number of carboxylic acid groups (broad SMARTS) is 1. The van der Waals surface area contributed by atoms with Crippen molar-refractivity contribution in [2.75, 3.05) is 39.5 Å². The number of allylic oxidation sites excluding steroid dienone is 2. The summed E-state index contributed by atoms with van der Waals surface area (Å²) in [5.74, 6) is -7.10. The molecule has 3 aliphatic heterocycles. The monoisotopic (exact) mass is 738 g/mol. The first-order chi connectivity index (χ1) is 24.9. The number of nitrogens with one attached hydrogen (secondary N) is 1. The minimum absolute atomic E-state index is 0.0460. The summed E-state index contributed by atoms with van der Waals surface area (Å²) < 4.78 is 22.9. The molecule has 0 bridgehead atoms. The van der Waals surface area contributed by atoms with Gasteiger partial charge in [-0.25, -0.2) is 9.59 Å². The van der Waals surface area contributed by atoms with Crippen LogP contribution in [-0.2, 0) is 28.5 Å². The average Bonchev–Trinajstić information content (AvgIpc) is 3.12. The second-order valence-electron chi connectivity index (χ2n) is 12.9. The Morgan fingerprint density at radius 3 is 2.48 bits per heavy atom. The topological polar surface area (TPSA) is 287 Å². The Morgan fingerprint density at radius 2 is 1.85 bits per heavy atom. The van der Waals surface area contributed by atoms with Gasteiger partial charge in [-0.15, -0.1) is 6.58 Å². The zero-order valence-electron chi connectivity index (χ0n) is 28.7. The molecule has 0 spiro atoms. The van der Waals surface area contributed by atoms with E-state index in [9.17, 15) is 45.3 Å². The van der Waals surface area contributed by atoms with Crippen molar-refractivity contribution in [3.8, 4) is 0 Å². The summed E-state index contributed by atoms with van der Waals surface area (Å²) in [6, 6.07) is 0. The first-order valence-corrected chi connectivity index (χ1v) is 17.2. The van der Waals surface area contributed by atoms with E-state index in [2.05, 4.69) is 16.9 Å². The lowest BCUT2D eigenvalue weighted by Crippen LogP contribution is -2.68. The molecule has 0 aromatic heterocycles. The first kappa shape index (κ1) is 40.9. The predicted octanol–water partition coefficient (Wildman–Crippen LogP) is -1.97. The molecule has 4 aliphatic rings. The van der Waals surface area contributed by atoms with E-state index in [0.717, 1.165) is 25.5 Å². The quantitative estimate of drug-likeness (QED) is 0.0218. The Hall–Kier alpha value is -3.85. The minimum Gasteiger partial charge on any atom is -0.478 e. The lowest BCUT2D eigenvalue weighted by Gasteiger charge is -2.46. The molecular weight excluding hydrogens is 688 g/mol. The zero-order chi connectivity index (χ0) is 38.0. The fraction of sp³-hybridized carbons (Fsp3) is 0.618. The molecule has 1 saturated carbocycles. The number of nitrogens with two attached hydrogens (primary N) is 1. The molecule has 1 saturated heterocycles. The molecule has 11 N–H and O–H groups in total. The predicted molar refractivity (Wildman–Crippen MR) is 181 cm³/mol. The van der Waals surface area contributed by atoms with Crippen molar-refractivity contribution in [2.24, 2.45) is 22.6 Å². The van der Waals surface area contributed by atoms with Gasteiger partial charge in [-0.2, -0.15) is 0 Å². The number of aliphatic carboxylic acids is 1. The molecule has 290 valence electrons. The number of esters is 1. The number of ether oxygens (including phenoxy) is 4. The molecule has 0 amide bonds. The van der Waals surface area contributed by atoms with Crippen molar-refractivity contribution in [2.45, 2.75) is 81.3 Å². The van der Waals surface area contributed by atoms with Gasteiger partial charge in [0.15, 0.2) is 18.4 Å². The molecule has 1 aliphatic carbocycles. The van der Waals surface area contributed by atoms with E-state index in [-0.39, 0.29) is 67.3 Å². The smallest absolute Gasteiger partial charge is 0.338 e. The highest BCUT2D eigenvalue weighted by Crippen LogP contribution is 2.38. The van der Waals surface area contributed by atoms with Gasteiger partial charge in [0.25, 0.3) is 0 Å². The van der Waals surface area contributed by atoms with Crippen molar-refractivity contribution in [1.82, 2.24) is 10.2 Å². The van der Waals surface area contributed by atoms with Crippen molar-refractivity contribution in [3.05, 3.63) is 59.7 Å². The van der Waals surface area contributed by atoms with Crippen molar-refractivity contribution in [3.63, 3.8) is 0 Å². The normalized spacial score (nSPS) is 30.0. The summed E-state index contributed by atoms with van der Waals surface area (Å²) in [6.45, 7) is 2.79. The highest BCUT2D eigenvalue weighted by atomic mass is 16.8. The molecule has 0 unspecified atom stereocenters. The SMILES string of the molecule is C=C[C@H]1[C@H](O[C@@H]2O[C@H](CO)[C@@H](O)C(O)(O)[C@H]2O)OC=C(C(=O)OC2CCCCC2)[C@H]1/C=C/C1=CN(CCO)CC(C(=O)O)=C1NC(N)=NCCCO. The van der Waals surface area contributed by atoms with Crippen LogP contribution in [0.2, 0.25) is 0 Å². The van der Waals surface area contributed by atoms with Gasteiger partial charge in [0.1, 0.15) is 18.3 Å². The van der Waals surface area contributed by atoms with Crippen LogP contribution >= 0.6 is 0 Å². The number of aliphatic hydroxyl groups is 7. The zero-order valence-corrected chi connectivity index (χ0v) is 28.7. The molecule has 0 radical (unpaired) electrons. The van der Waals surface area contributed by atoms with E-state index < -0.39 is 67.1 Å². The van der Waals surface area contributed by atoms with Gasteiger partial charge in [-0.1, -0.05) is 24.6 Å². The highest BCUT2D eigenvalue weighted by Gasteiger charge is 2.56. The number of aliphatic hydroxyl groups excluding tert-OH is 5. The molecule has 2 fully saturated rings. The van der Waals surface area contributed by atoms with E-state index in [0.29, 0.717) is 19.3 Å². The fourth-order valence-corrected chi connectivity index (χ4v) is 6.37. The molecule has 18 nitrogen and oxygen atoms in total. The second kappa shape index (κ2) is 18.8. The van der Waals surface area contributed by atoms with Gasteiger partial charge in [0.05, 0.1) is 48.8 Å². The number of hydrogen-bond acceptors (Lipinski definition) is 15. The number of nitrogens with zero attached hydrogens (tertiary/aromatic N) is 2. The number of carbonyl (C=O) groups is 2. The summed E-state index contributed by atoms with van der Waals surface area (Å²) in [4.78, 5) is 31.8. The lowest BCUT2D eigenvalue weighted by molar-refractivity contribution is -0.404. The molecular formula is C34H50N4O14. The third-order valence-corrected chi connectivity index (χ3v) is 9.24. The molecule has 0 aromatic rings. The van der Waals surface area contributed by atoms with Gasteiger partial charge in [-0.05, 0) is 32.1 Å². The van der Waals surface area contributed by atoms with Crippen LogP contribution in [0.1, 0.15) is 38.5 Å². The number of carbonyl (C=O) groups excluding carboxylic acids is 1. The van der Waals surface area contributed by atoms with Gasteiger partial charge >= 0.3 is 11.9 Å². The Balaban J connectivity index is 1.73. The van der Waals surface area contributed by atoms with Crippen LogP contribution < -0.4 is 11.1 Å². The number of β-amino-alcohol motifs (C(OH)–C–C–N with tert-alkyl or cyclic N) is 1. The number of guanidine groups is 1. The third kappa shape index (κ3) is 9.77. The number of aliphatic imine (C=N–C) groups is 1. The summed E-state index contributed by atoms with van der Waals surface area (Å²) in [6.07, 6.45) is 2.28. The summed E-state index contributed by atoms with van der Waals surface area (Å²) in [5.41, 5.74) is 6.38. The molecule has 52 heavy (non-hydrogen) atoms. The van der Waals surface area contributed by atoms with Crippen LogP contribution in [0, 0.1) is 11.8 Å². The summed E-state index contributed by atoms with van der Waals surface area (Å²) in [5, 5.41) is 83.0. The third-order valence-electron chi connectivity index (χ3n) is 9.24. The van der Waals surface area contributed by atoms with E-state index in [1.54, 1.807) is 17.2 Å². The van der Waals surface area contributed by atoms with Crippen LogP contribution in [0.3, 0.4) is 0 Å². The standard InChI is InChI=1S/C34H50N4O14/c1-2-21-22(10-9-19-15-38(12-14-40)16-23(29(44)45)26(19)37-33(35)36-11-6-13-39)24(30(46)50-20-7-4-3-5-8-20)18-49-31(21)52-32-28(43)34(47,48)27(42)25(17-41)51-32/h2,9-10,15,18,20-22,25,27-28,31-32,39-43,47-48H,1,3-8,11-14,16-17H2,(H,44,45)(H3,35,36,37)/b10-9+/t21-,22+,25-,27-,28+,31+,32+/m1/s1. The Morgan fingerprint density at radius 1 is 1.12 bits per heavy atom. The van der Waals surface area contributed by atoms with Gasteiger partial charge in [-0.3, -0.25) is 4.99 Å². The second-order valence-corrected chi connectivity index (χ2v) is 12.9. The Labute approximate surface area is 300 Å². The van der Waals surface area contributed by atoms with Crippen molar-refractivity contribution < 1.29 is 69.4 Å². The van der Waals surface area contributed by atoms with Crippen molar-refractivity contribution >= 4 is 17.9 Å². The first-order valence-electron chi connectivity index (χ1n) is 17.2. The lowest BCUT2D eigenvalue weighted by atomic mass is 9.83. The van der Waals surface area contributed by atoms with E-state index in [4.69, 9.17) is 29.8 Å². The van der Waals surface area contributed by atoms with E-state index >= 15 is 0 Å². The van der Waals surface area contributed by atoms with Crippen LogP contribution in [-0.4, -0.2) is 146 Å². The molecule has 3 heterocycles. The summed E-state index contributed by atoms with van der Waals surface area (Å²) in [7, 11) is 0. The molecule has 0 aromatic carbocycles. The van der Waals surface area contributed by atoms with Gasteiger partial charge < -0.3 is 75.8 Å². The van der Waals surface area contributed by atoms with Gasteiger partial charge in [0, 0.05) is 37.4 Å². The molecule has 4 rings (SSSR count). The van der Waals surface area contributed by atoms with Crippen molar-refractivity contribution in [1.29, 1.82) is 0 Å². The molecule has 7 atom stereocenters. The Kier molecular flexibility index (Phi) is 14.8. The maximum absolute atomic E-state index is 13.7. The number of carboxylic acids is 1. The van der Waals surface area contributed by atoms with E-state index in [1.165, 1.54) is 12.2 Å². The fourth-order valence-electron chi connectivity index (χ4n) is 6.37. The average molecular weight is 739 g/mol. The minimum atomic E-state index is -3.13. The maximum atomic E-state index is 13.7. The van der Waals surface area contributed by atoms with Crippen LogP contribution in [0.15, 0.2) is 64.7 Å². The maximum Gasteiger partial charge on any atom is 0.338 e. The number of rotatable bonds is 15. The Bertz CT molecular complexity index is 1420. The van der Waals surface area contributed by atoms with Gasteiger partial charge in [0.2, 0.25) is 12.1 Å². The summed E-state index contributed by atoms with van der Waals surface area (Å²) >= 11 is 0.